The largest absolute Gasteiger partial charge is 0.443 e. The van der Waals surface area contributed by atoms with Crippen molar-refractivity contribution in [1.29, 1.82) is 0 Å². The van der Waals surface area contributed by atoms with E-state index in [4.69, 9.17) is 16.3 Å². The van der Waals surface area contributed by atoms with Gasteiger partial charge in [0.1, 0.15) is 6.61 Å². The molecule has 0 spiro atoms. The van der Waals surface area contributed by atoms with E-state index in [0.717, 1.165) is 5.56 Å². The van der Waals surface area contributed by atoms with E-state index in [2.05, 4.69) is 18.2 Å². The molecule has 5 nitrogen and oxygen atoms in total. The zero-order valence-corrected chi connectivity index (χ0v) is 13.1. The van der Waals surface area contributed by atoms with Gasteiger partial charge in [-0.1, -0.05) is 41.9 Å². The molecule has 2 aromatic carbocycles. The summed E-state index contributed by atoms with van der Waals surface area (Å²) in [4.78, 5) is 23.6. The summed E-state index contributed by atoms with van der Waals surface area (Å²) in [5.74, 6) is -0.459. The van der Waals surface area contributed by atoms with Gasteiger partial charge in [-0.05, 0) is 42.6 Å². The van der Waals surface area contributed by atoms with Crippen molar-refractivity contribution in [2.24, 2.45) is 0 Å². The summed E-state index contributed by atoms with van der Waals surface area (Å²) in [6.45, 7) is 0.0499. The molecule has 0 aliphatic heterocycles. The lowest BCUT2D eigenvalue weighted by molar-refractivity contribution is 0.0813. The van der Waals surface area contributed by atoms with E-state index in [9.17, 15) is 9.59 Å². The Morgan fingerprint density at radius 1 is 1.09 bits per heavy atom. The van der Waals surface area contributed by atoms with Gasteiger partial charge in [0.2, 0.25) is 0 Å². The molecular weight excluding hydrogens is 324 g/mol. The number of hydrogen-bond acceptors (Lipinski definition) is 4. The minimum absolute atomic E-state index is 0.0499. The van der Waals surface area contributed by atoms with Crippen molar-refractivity contribution in [2.75, 3.05) is 0 Å². The van der Waals surface area contributed by atoms with E-state index in [-0.39, 0.29) is 6.61 Å². The van der Waals surface area contributed by atoms with Gasteiger partial charge in [-0.3, -0.25) is 4.79 Å². The van der Waals surface area contributed by atoms with E-state index in [1.165, 1.54) is 0 Å². The summed E-state index contributed by atoms with van der Waals surface area (Å²) in [7, 11) is 0. The van der Waals surface area contributed by atoms with Crippen LogP contribution in [0.2, 0.25) is 5.02 Å². The van der Waals surface area contributed by atoms with E-state index < -0.39 is 12.0 Å². The van der Waals surface area contributed by atoms with Gasteiger partial charge in [-0.15, -0.1) is 0 Å². The van der Waals surface area contributed by atoms with Gasteiger partial charge in [0.25, 0.3) is 5.91 Å². The monoisotopic (exact) mass is 336 g/mol. The summed E-state index contributed by atoms with van der Waals surface area (Å²) in [5, 5.41) is 0.598. The Labute approximate surface area is 138 Å². The molecule has 0 saturated carbocycles. The Hall–Kier alpha value is -2.18. The maximum atomic E-state index is 11.8. The van der Waals surface area contributed by atoms with Gasteiger partial charge in [0, 0.05) is 10.6 Å². The highest BCUT2D eigenvalue weighted by Crippen LogP contribution is 2.11. The average Bonchev–Trinajstić information content (AvgIpc) is 2.54. The highest BCUT2D eigenvalue weighted by atomic mass is 35.5. The van der Waals surface area contributed by atoms with Gasteiger partial charge in [0.05, 0.1) is 0 Å². The van der Waals surface area contributed by atoms with E-state index in [1.807, 2.05) is 0 Å². The fourth-order valence-electron chi connectivity index (χ4n) is 1.58. The zero-order chi connectivity index (χ0) is 15.9. The lowest BCUT2D eigenvalue weighted by atomic mass is 10.2. The number of halogens is 1. The molecule has 0 bridgehead atoms. The van der Waals surface area contributed by atoms with Gasteiger partial charge in [0.15, 0.2) is 0 Å². The smallest absolute Gasteiger partial charge is 0.439 e. The summed E-state index contributed by atoms with van der Waals surface area (Å²) in [6, 6.07) is 15.3. The summed E-state index contributed by atoms with van der Waals surface area (Å²) in [5.41, 5.74) is 3.49. The highest BCUT2D eigenvalue weighted by Gasteiger charge is 2.15. The number of carbonyl (C=O) groups excluding carboxylic acids is 2. The number of benzene rings is 2. The lowest BCUT2D eigenvalue weighted by Gasteiger charge is -2.16. The Balaban J connectivity index is 1.84. The molecule has 0 aliphatic carbocycles. The van der Waals surface area contributed by atoms with Crippen LogP contribution in [-0.2, 0) is 11.3 Å². The number of thiol groups is 1. The van der Waals surface area contributed by atoms with Crippen LogP contribution in [0.4, 0.5) is 4.79 Å². The molecule has 0 atom stereocenters. The van der Waals surface area contributed by atoms with Crippen LogP contribution in [0.3, 0.4) is 0 Å². The number of rotatable bonds is 3. The van der Waals surface area contributed by atoms with Crippen molar-refractivity contribution < 1.29 is 14.3 Å². The second-order valence-electron chi connectivity index (χ2n) is 4.30. The first-order valence-electron chi connectivity index (χ1n) is 6.32. The first-order chi connectivity index (χ1) is 10.6. The topological polar surface area (TPSA) is 58.6 Å². The molecule has 0 heterocycles. The molecule has 1 N–H and O–H groups in total. The van der Waals surface area contributed by atoms with Crippen molar-refractivity contribution in [1.82, 2.24) is 9.84 Å². The summed E-state index contributed by atoms with van der Waals surface area (Å²) >= 11 is 9.65. The third-order valence-electron chi connectivity index (χ3n) is 2.69. The first-order valence-corrected chi connectivity index (χ1v) is 7.10. The van der Waals surface area contributed by atoms with Crippen molar-refractivity contribution in [3.05, 3.63) is 70.7 Å². The Bertz CT molecular complexity index is 650. The van der Waals surface area contributed by atoms with Crippen molar-refractivity contribution in [2.45, 2.75) is 6.61 Å². The number of ether oxygens (including phenoxy) is 1. The van der Waals surface area contributed by atoms with Crippen molar-refractivity contribution in [3.8, 4) is 0 Å². The van der Waals surface area contributed by atoms with Gasteiger partial charge in [-0.2, -0.15) is 4.41 Å². The minimum atomic E-state index is -0.789. The van der Waals surface area contributed by atoms with Crippen LogP contribution in [0.1, 0.15) is 15.9 Å². The van der Waals surface area contributed by atoms with Gasteiger partial charge < -0.3 is 4.74 Å². The second-order valence-corrected chi connectivity index (χ2v) is 5.14. The number of carbonyl (C=O) groups is 2. The van der Waals surface area contributed by atoms with Crippen LogP contribution in [-0.4, -0.2) is 16.4 Å². The molecule has 2 rings (SSSR count). The van der Waals surface area contributed by atoms with Gasteiger partial charge >= 0.3 is 6.09 Å². The van der Waals surface area contributed by atoms with Crippen LogP contribution < -0.4 is 5.43 Å². The number of amides is 2. The molecule has 0 fully saturated rings. The Kier molecular flexibility index (Phi) is 5.68. The third-order valence-corrected chi connectivity index (χ3v) is 3.21. The van der Waals surface area contributed by atoms with Crippen LogP contribution in [0.5, 0.6) is 0 Å². The second kappa shape index (κ2) is 7.72. The summed E-state index contributed by atoms with van der Waals surface area (Å²) in [6.07, 6.45) is -0.789. The molecule has 0 unspecified atom stereocenters. The highest BCUT2D eigenvalue weighted by molar-refractivity contribution is 7.78. The molecule has 2 amide bonds. The van der Waals surface area contributed by atoms with Crippen LogP contribution in [0.25, 0.3) is 0 Å². The molecule has 0 saturated heterocycles. The van der Waals surface area contributed by atoms with E-state index in [1.54, 1.807) is 54.6 Å². The maximum absolute atomic E-state index is 11.8. The van der Waals surface area contributed by atoms with Crippen molar-refractivity contribution >= 4 is 36.4 Å². The fraction of sp³-hybridized carbons (Fsp3) is 0.0667. The Morgan fingerprint density at radius 3 is 2.36 bits per heavy atom. The average molecular weight is 337 g/mol. The molecule has 0 aliphatic rings. The number of nitrogens with one attached hydrogen (secondary N) is 1. The van der Waals surface area contributed by atoms with Gasteiger partial charge in [-0.25, -0.2) is 10.2 Å². The fourth-order valence-corrected chi connectivity index (χ4v) is 1.86. The number of hydrogen-bond donors (Lipinski definition) is 2. The molecule has 2 aromatic rings. The van der Waals surface area contributed by atoms with Crippen LogP contribution >= 0.6 is 24.4 Å². The number of hydrazine groups is 1. The maximum Gasteiger partial charge on any atom is 0.439 e. The molecule has 0 radical (unpaired) electrons. The first kappa shape index (κ1) is 16.2. The van der Waals surface area contributed by atoms with Crippen LogP contribution in [0.15, 0.2) is 54.6 Å². The predicted octanol–water partition coefficient (Wildman–Crippen LogP) is 3.47. The SMILES string of the molecule is O=C(NN(S)C(=O)OCc1ccc(Cl)cc1)c1ccccc1. The van der Waals surface area contributed by atoms with E-state index >= 15 is 0 Å². The molecule has 22 heavy (non-hydrogen) atoms. The minimum Gasteiger partial charge on any atom is -0.443 e. The normalized spacial score (nSPS) is 9.91. The third kappa shape index (κ3) is 4.68. The zero-order valence-electron chi connectivity index (χ0n) is 11.4. The quantitative estimate of drug-likeness (QED) is 0.666. The standard InChI is InChI=1S/C15H13ClN2O3S/c16-13-8-6-11(7-9-13)10-21-15(20)18(22)17-14(19)12-4-2-1-3-5-12/h1-9,22H,10H2,(H,17,19). The predicted molar refractivity (Wildman–Crippen MR) is 86.4 cm³/mol. The van der Waals surface area contributed by atoms with Crippen LogP contribution in [0, 0.1) is 0 Å². The summed E-state index contributed by atoms with van der Waals surface area (Å²) < 4.78 is 5.72. The van der Waals surface area contributed by atoms with E-state index in [0.29, 0.717) is 15.0 Å². The molecular formula is C15H13ClN2O3S. The van der Waals surface area contributed by atoms with Crippen molar-refractivity contribution in [3.63, 3.8) is 0 Å². The number of nitrogens with zero attached hydrogens (tertiary/aromatic N) is 1. The Morgan fingerprint density at radius 2 is 1.73 bits per heavy atom. The molecule has 7 heteroatoms. The lowest BCUT2D eigenvalue weighted by Crippen LogP contribution is -2.40. The molecule has 0 aromatic heterocycles. The molecule has 114 valence electrons.